The van der Waals surface area contributed by atoms with Gasteiger partial charge in [0.05, 0.1) is 25.7 Å². The maximum absolute atomic E-state index is 10.3. The van der Waals surface area contributed by atoms with Gasteiger partial charge in [0.15, 0.2) is 11.2 Å². The first kappa shape index (κ1) is 38.0. The molecule has 8 N–H and O–H groups in total. The van der Waals surface area contributed by atoms with Crippen LogP contribution in [0.1, 0.15) is 25.7 Å². The largest absolute Gasteiger partial charge is 0.481 e. The van der Waals surface area contributed by atoms with Gasteiger partial charge in [-0.1, -0.05) is 0 Å². The minimum atomic E-state index is -2.74. The van der Waals surface area contributed by atoms with E-state index in [1.807, 2.05) is 0 Å². The van der Waals surface area contributed by atoms with Gasteiger partial charge in [0, 0.05) is 51.2 Å². The molecule has 0 fully saturated rings. The second-order valence-electron chi connectivity index (χ2n) is 4.96. The van der Waals surface area contributed by atoms with Crippen molar-refractivity contribution in [2.75, 3.05) is 0 Å². The van der Waals surface area contributed by atoms with Crippen LogP contribution in [0.2, 0.25) is 0 Å². The van der Waals surface area contributed by atoms with Crippen molar-refractivity contribution in [3.05, 3.63) is 0 Å². The van der Waals surface area contributed by atoms with Crippen LogP contribution in [0.25, 0.3) is 0 Å². The zero-order valence-corrected chi connectivity index (χ0v) is 17.5. The Kier molecular flexibility index (Phi) is 21.1. The molecule has 0 aliphatic rings. The Morgan fingerprint density at radius 2 is 0.586 bits per heavy atom. The third kappa shape index (κ3) is 16.9. The summed E-state index contributed by atoms with van der Waals surface area (Å²) in [4.78, 5) is 61.0. The number of hydrogen-bond acceptors (Lipinski definition) is 8. The summed E-state index contributed by atoms with van der Waals surface area (Å²) < 4.78 is 0. The maximum Gasteiger partial charge on any atom is 0.336 e. The SMILES string of the molecule is O=C(O)CC(O)(CC(=O)O)C(=O)O.O=C(O)CC(O)(CC(=O)O)C(=O)O.[Mn].[Mn].[Mn]. The van der Waals surface area contributed by atoms with Gasteiger partial charge in [0.1, 0.15) is 0 Å². The van der Waals surface area contributed by atoms with Crippen LogP contribution in [0, 0.1) is 0 Å². The Balaban J connectivity index is -0.000000120. The van der Waals surface area contributed by atoms with E-state index in [-0.39, 0.29) is 51.2 Å². The van der Waals surface area contributed by atoms with Gasteiger partial charge in [-0.05, 0) is 0 Å². The van der Waals surface area contributed by atoms with Crippen molar-refractivity contribution in [3.8, 4) is 0 Å². The third-order valence-electron chi connectivity index (χ3n) is 2.57. The molecule has 0 amide bonds. The van der Waals surface area contributed by atoms with E-state index in [0.29, 0.717) is 0 Å². The zero-order valence-electron chi connectivity index (χ0n) is 14.0. The van der Waals surface area contributed by atoms with E-state index in [0.717, 1.165) is 0 Å². The van der Waals surface area contributed by atoms with Gasteiger partial charge in [-0.25, -0.2) is 9.59 Å². The molecule has 0 bridgehead atoms. The summed E-state index contributed by atoms with van der Waals surface area (Å²) in [6.45, 7) is 0. The molecular weight excluding hydrogens is 533 g/mol. The van der Waals surface area contributed by atoms with Crippen molar-refractivity contribution in [3.63, 3.8) is 0 Å². The molecule has 3 radical (unpaired) electrons. The van der Waals surface area contributed by atoms with Crippen LogP contribution in [-0.2, 0) is 80.0 Å². The number of aliphatic carboxylic acids is 6. The van der Waals surface area contributed by atoms with E-state index < -0.39 is 72.7 Å². The number of carboxylic acid groups (broad SMARTS) is 6. The second kappa shape index (κ2) is 16.1. The van der Waals surface area contributed by atoms with E-state index in [9.17, 15) is 28.8 Å². The number of carbonyl (C=O) groups is 6. The van der Waals surface area contributed by atoms with Gasteiger partial charge in [0.2, 0.25) is 0 Å². The van der Waals surface area contributed by atoms with Gasteiger partial charge < -0.3 is 40.9 Å². The molecule has 0 aromatic rings. The van der Waals surface area contributed by atoms with Crippen LogP contribution in [0.15, 0.2) is 0 Å². The van der Waals surface area contributed by atoms with Crippen LogP contribution in [-0.4, -0.2) is 87.9 Å². The summed E-state index contributed by atoms with van der Waals surface area (Å²) in [5, 5.41) is 67.6. The first-order valence-electron chi connectivity index (χ1n) is 6.34. The quantitative estimate of drug-likeness (QED) is 0.131. The first-order chi connectivity index (χ1) is 11.6. The fourth-order valence-corrected chi connectivity index (χ4v) is 1.43. The van der Waals surface area contributed by atoms with E-state index in [4.69, 9.17) is 40.9 Å². The van der Waals surface area contributed by atoms with Crippen LogP contribution in [0.3, 0.4) is 0 Å². The normalized spacial score (nSPS) is 9.72. The molecule has 0 saturated carbocycles. The Labute approximate surface area is 193 Å². The molecule has 14 nitrogen and oxygen atoms in total. The third-order valence-corrected chi connectivity index (χ3v) is 2.57. The molecule has 169 valence electrons. The summed E-state index contributed by atoms with van der Waals surface area (Å²) >= 11 is 0. The van der Waals surface area contributed by atoms with Crippen molar-refractivity contribution in [1.82, 2.24) is 0 Å². The number of rotatable bonds is 10. The predicted octanol–water partition coefficient (Wildman–Crippen LogP) is -2.50. The van der Waals surface area contributed by atoms with E-state index in [1.165, 1.54) is 0 Å². The van der Waals surface area contributed by atoms with Crippen molar-refractivity contribution >= 4 is 35.8 Å². The Hall–Kier alpha value is -1.70. The van der Waals surface area contributed by atoms with E-state index >= 15 is 0 Å². The maximum atomic E-state index is 10.3. The van der Waals surface area contributed by atoms with Gasteiger partial charge in [-0.2, -0.15) is 0 Å². The zero-order chi connectivity index (χ0) is 21.3. The molecule has 0 spiro atoms. The van der Waals surface area contributed by atoms with Gasteiger partial charge in [-0.15, -0.1) is 0 Å². The second-order valence-corrected chi connectivity index (χ2v) is 4.96. The van der Waals surface area contributed by atoms with E-state index in [1.54, 1.807) is 0 Å². The molecule has 0 heterocycles. The van der Waals surface area contributed by atoms with Crippen LogP contribution in [0.4, 0.5) is 0 Å². The Morgan fingerprint density at radius 1 is 0.448 bits per heavy atom. The molecule has 17 heteroatoms. The molecular formula is C12H16Mn3O14. The van der Waals surface area contributed by atoms with Crippen molar-refractivity contribution < 1.29 is 121 Å². The van der Waals surface area contributed by atoms with Gasteiger partial charge in [-0.3, -0.25) is 19.2 Å². The summed E-state index contributed by atoms with van der Waals surface area (Å²) in [5.74, 6) is -10.0. The predicted molar refractivity (Wildman–Crippen MR) is 74.2 cm³/mol. The van der Waals surface area contributed by atoms with Crippen LogP contribution in [0.5, 0.6) is 0 Å². The average Bonchev–Trinajstić information content (AvgIpc) is 2.34. The molecule has 0 aliphatic carbocycles. The minimum absolute atomic E-state index is 0. The van der Waals surface area contributed by atoms with Crippen molar-refractivity contribution in [2.24, 2.45) is 0 Å². The summed E-state index contributed by atoms with van der Waals surface area (Å²) in [6.07, 6.45) is -4.58. The van der Waals surface area contributed by atoms with Gasteiger partial charge >= 0.3 is 35.8 Å². The fraction of sp³-hybridized carbons (Fsp3) is 0.500. The monoisotopic (exact) mass is 549 g/mol. The van der Waals surface area contributed by atoms with E-state index in [2.05, 4.69) is 0 Å². The fourth-order valence-electron chi connectivity index (χ4n) is 1.43. The first-order valence-corrected chi connectivity index (χ1v) is 6.34. The molecule has 0 rings (SSSR count). The number of hydrogen-bond donors (Lipinski definition) is 8. The smallest absolute Gasteiger partial charge is 0.336 e. The van der Waals surface area contributed by atoms with Crippen LogP contribution < -0.4 is 0 Å². The molecule has 0 aliphatic heterocycles. The summed E-state index contributed by atoms with van der Waals surface area (Å²) in [7, 11) is 0. The number of carboxylic acids is 6. The summed E-state index contributed by atoms with van der Waals surface area (Å²) in [6, 6.07) is 0. The molecule has 29 heavy (non-hydrogen) atoms. The summed E-state index contributed by atoms with van der Waals surface area (Å²) in [5.41, 5.74) is -5.48. The van der Waals surface area contributed by atoms with Crippen molar-refractivity contribution in [1.29, 1.82) is 0 Å². The number of aliphatic hydroxyl groups is 2. The Bertz CT molecular complexity index is 521. The van der Waals surface area contributed by atoms with Crippen molar-refractivity contribution in [2.45, 2.75) is 36.9 Å². The minimum Gasteiger partial charge on any atom is -0.481 e. The molecule has 0 unspecified atom stereocenters. The Morgan fingerprint density at radius 3 is 0.655 bits per heavy atom. The van der Waals surface area contributed by atoms with Crippen LogP contribution >= 0.6 is 0 Å². The molecule has 0 saturated heterocycles. The molecule has 0 aromatic carbocycles. The average molecular weight is 549 g/mol. The molecule has 0 aromatic heterocycles. The molecule has 0 atom stereocenters. The topological polar surface area (TPSA) is 264 Å². The standard InChI is InChI=1S/2C6H8O7.3Mn/c2*7-3(8)1-6(13,5(11)12)2-4(9)10;;;/h2*13H,1-2H2,(H,7,8)(H,9,10)(H,11,12);;;. The van der Waals surface area contributed by atoms with Gasteiger partial charge in [0.25, 0.3) is 0 Å².